The van der Waals surface area contributed by atoms with Crippen LogP contribution < -0.4 is 10.2 Å². The number of anilines is 1. The van der Waals surface area contributed by atoms with Crippen LogP contribution in [0.4, 0.5) is 19.1 Å². The summed E-state index contributed by atoms with van der Waals surface area (Å²) in [5.41, 5.74) is 0.914. The van der Waals surface area contributed by atoms with Crippen molar-refractivity contribution in [2.24, 2.45) is 11.3 Å². The molecule has 0 saturated carbocycles. The lowest BCUT2D eigenvalue weighted by Crippen LogP contribution is -2.37. The molecule has 7 nitrogen and oxygen atoms in total. The number of hydrogen-bond acceptors (Lipinski definition) is 5. The van der Waals surface area contributed by atoms with E-state index in [0.29, 0.717) is 5.92 Å². The van der Waals surface area contributed by atoms with Crippen LogP contribution in [0.25, 0.3) is 0 Å². The van der Waals surface area contributed by atoms with Crippen molar-refractivity contribution in [2.45, 2.75) is 32.9 Å². The van der Waals surface area contributed by atoms with E-state index in [4.69, 9.17) is 9.90 Å². The summed E-state index contributed by atoms with van der Waals surface area (Å²) in [7, 11) is 0. The summed E-state index contributed by atoms with van der Waals surface area (Å²) < 4.78 is 31.7. The van der Waals surface area contributed by atoms with Gasteiger partial charge in [-0.1, -0.05) is 13.8 Å². The molecule has 144 valence electrons. The van der Waals surface area contributed by atoms with E-state index in [2.05, 4.69) is 34.0 Å². The maximum absolute atomic E-state index is 12.1. The van der Waals surface area contributed by atoms with Gasteiger partial charge in [0.05, 0.1) is 5.41 Å². The fraction of sp³-hybridized carbons (Fsp3) is 0.625. The van der Waals surface area contributed by atoms with Crippen molar-refractivity contribution in [2.75, 3.05) is 24.5 Å². The third-order valence-corrected chi connectivity index (χ3v) is 4.84. The van der Waals surface area contributed by atoms with Crippen LogP contribution in [0.3, 0.4) is 0 Å². The van der Waals surface area contributed by atoms with E-state index in [0.717, 1.165) is 44.0 Å². The van der Waals surface area contributed by atoms with Crippen LogP contribution in [0.1, 0.15) is 25.8 Å². The number of carbonyl (C=O) groups excluding carboxylic acids is 1. The molecule has 2 N–H and O–H groups in total. The number of halogens is 3. The number of carboxylic acids is 1. The fourth-order valence-electron chi connectivity index (χ4n) is 3.22. The summed E-state index contributed by atoms with van der Waals surface area (Å²) in [6.07, 6.45) is 0.555. The number of amides is 1. The van der Waals surface area contributed by atoms with Crippen LogP contribution >= 0.6 is 0 Å². The predicted octanol–water partition coefficient (Wildman–Crippen LogP) is 1.63. The molecule has 2 fully saturated rings. The van der Waals surface area contributed by atoms with Gasteiger partial charge in [0.25, 0.3) is 0 Å². The number of aliphatic carboxylic acids is 1. The second-order valence-electron chi connectivity index (χ2n) is 6.49. The second kappa shape index (κ2) is 7.46. The molecule has 3 rings (SSSR count). The Kier molecular flexibility index (Phi) is 5.72. The van der Waals surface area contributed by atoms with Crippen molar-refractivity contribution in [3.05, 3.63) is 18.0 Å². The standard InChI is InChI=1S/C14H20N4O.C2HF3O2/c1-3-11-6-16-13(17-7-11)18-8-10(2)14(9-18)4-5-15-12(14)19;3-2(4,5)1(6)7/h6-7,10H,3-5,8-9H2,1-2H3,(H,15,19);(H,6,7)/t10-,14-;/m1./s1. The van der Waals surface area contributed by atoms with Crippen LogP contribution in [0.15, 0.2) is 12.4 Å². The Hall–Kier alpha value is -2.39. The first kappa shape index (κ1) is 19.9. The number of carbonyl (C=O) groups is 2. The van der Waals surface area contributed by atoms with Crippen molar-refractivity contribution in [3.63, 3.8) is 0 Å². The second-order valence-corrected chi connectivity index (χ2v) is 6.49. The lowest BCUT2D eigenvalue weighted by Gasteiger charge is -2.23. The number of rotatable bonds is 2. The molecular weight excluding hydrogens is 353 g/mol. The van der Waals surface area contributed by atoms with Gasteiger partial charge >= 0.3 is 12.1 Å². The van der Waals surface area contributed by atoms with Crippen molar-refractivity contribution in [1.82, 2.24) is 15.3 Å². The molecule has 0 aliphatic carbocycles. The zero-order valence-electron chi connectivity index (χ0n) is 14.5. The van der Waals surface area contributed by atoms with E-state index in [9.17, 15) is 18.0 Å². The number of carboxylic acid groups (broad SMARTS) is 1. The predicted molar refractivity (Wildman–Crippen MR) is 86.5 cm³/mol. The molecule has 2 saturated heterocycles. The van der Waals surface area contributed by atoms with Crippen LogP contribution in [0.2, 0.25) is 0 Å². The van der Waals surface area contributed by atoms with Gasteiger partial charge in [-0.15, -0.1) is 0 Å². The molecule has 0 aromatic carbocycles. The summed E-state index contributed by atoms with van der Waals surface area (Å²) >= 11 is 0. The largest absolute Gasteiger partial charge is 0.490 e. The maximum Gasteiger partial charge on any atom is 0.490 e. The quantitative estimate of drug-likeness (QED) is 0.817. The molecule has 10 heteroatoms. The first-order valence-electron chi connectivity index (χ1n) is 8.24. The third-order valence-electron chi connectivity index (χ3n) is 4.84. The highest BCUT2D eigenvalue weighted by molar-refractivity contribution is 5.86. The first-order valence-corrected chi connectivity index (χ1v) is 8.24. The Balaban J connectivity index is 0.000000298. The van der Waals surface area contributed by atoms with E-state index in [1.54, 1.807) is 0 Å². The SMILES string of the molecule is CCc1cnc(N2C[C@@H](C)[C@@]3(CCNC3=O)C2)nc1.O=C(O)C(F)(F)F. The average Bonchev–Trinajstić information content (AvgIpc) is 3.12. The minimum absolute atomic E-state index is 0.202. The lowest BCUT2D eigenvalue weighted by molar-refractivity contribution is -0.192. The molecule has 0 unspecified atom stereocenters. The van der Waals surface area contributed by atoms with Gasteiger partial charge in [0, 0.05) is 32.0 Å². The highest BCUT2D eigenvalue weighted by Gasteiger charge is 2.52. The van der Waals surface area contributed by atoms with Crippen LogP contribution in [0.5, 0.6) is 0 Å². The number of alkyl halides is 3. The topological polar surface area (TPSA) is 95.4 Å². The summed E-state index contributed by atoms with van der Waals surface area (Å²) in [6, 6.07) is 0. The van der Waals surface area contributed by atoms with E-state index < -0.39 is 12.1 Å². The number of aryl methyl sites for hydroxylation is 1. The van der Waals surface area contributed by atoms with E-state index in [-0.39, 0.29) is 11.3 Å². The lowest BCUT2D eigenvalue weighted by atomic mass is 9.78. The Bertz CT molecular complexity index is 666. The molecule has 2 aliphatic rings. The molecule has 0 radical (unpaired) electrons. The molecule has 1 spiro atoms. The van der Waals surface area contributed by atoms with Gasteiger partial charge in [-0.25, -0.2) is 14.8 Å². The first-order chi connectivity index (χ1) is 12.1. The number of hydrogen-bond donors (Lipinski definition) is 2. The minimum Gasteiger partial charge on any atom is -0.475 e. The molecular formula is C16H21F3N4O3. The average molecular weight is 374 g/mol. The molecule has 26 heavy (non-hydrogen) atoms. The molecule has 0 bridgehead atoms. The van der Waals surface area contributed by atoms with Crippen LogP contribution in [-0.2, 0) is 16.0 Å². The van der Waals surface area contributed by atoms with Crippen LogP contribution in [0, 0.1) is 11.3 Å². The van der Waals surface area contributed by atoms with Gasteiger partial charge in [-0.05, 0) is 24.3 Å². The Morgan fingerprint density at radius 1 is 1.42 bits per heavy atom. The van der Waals surface area contributed by atoms with E-state index >= 15 is 0 Å². The molecule has 2 atom stereocenters. The zero-order chi connectivity index (χ0) is 19.5. The Morgan fingerprint density at radius 3 is 2.42 bits per heavy atom. The maximum atomic E-state index is 12.1. The van der Waals surface area contributed by atoms with E-state index in [1.165, 1.54) is 0 Å². The van der Waals surface area contributed by atoms with Crippen molar-refractivity contribution in [1.29, 1.82) is 0 Å². The third kappa shape index (κ3) is 4.05. The smallest absolute Gasteiger partial charge is 0.475 e. The number of nitrogens with zero attached hydrogens (tertiary/aromatic N) is 3. The summed E-state index contributed by atoms with van der Waals surface area (Å²) in [5.74, 6) is -1.45. The summed E-state index contributed by atoms with van der Waals surface area (Å²) in [6.45, 7) is 6.65. The van der Waals surface area contributed by atoms with Crippen molar-refractivity contribution >= 4 is 17.8 Å². The van der Waals surface area contributed by atoms with Crippen LogP contribution in [-0.4, -0.2) is 52.8 Å². The minimum atomic E-state index is -5.08. The zero-order valence-corrected chi connectivity index (χ0v) is 14.5. The van der Waals surface area contributed by atoms with Crippen molar-refractivity contribution < 1.29 is 27.9 Å². The number of aromatic nitrogens is 2. The Labute approximate surface area is 148 Å². The van der Waals surface area contributed by atoms with E-state index in [1.807, 2.05) is 12.4 Å². The highest BCUT2D eigenvalue weighted by atomic mass is 19.4. The summed E-state index contributed by atoms with van der Waals surface area (Å²) in [4.78, 5) is 32.0. The van der Waals surface area contributed by atoms with Crippen molar-refractivity contribution in [3.8, 4) is 0 Å². The molecule has 1 aromatic rings. The normalized spacial score (nSPS) is 25.0. The van der Waals surface area contributed by atoms with Gasteiger partial charge in [-0.2, -0.15) is 13.2 Å². The molecule has 1 aromatic heterocycles. The summed E-state index contributed by atoms with van der Waals surface area (Å²) in [5, 5.41) is 10.1. The molecule has 1 amide bonds. The van der Waals surface area contributed by atoms with Gasteiger partial charge in [0.15, 0.2) is 0 Å². The molecule has 3 heterocycles. The van der Waals surface area contributed by atoms with Gasteiger partial charge in [0.2, 0.25) is 11.9 Å². The van der Waals surface area contributed by atoms with Gasteiger partial charge in [0.1, 0.15) is 0 Å². The van der Waals surface area contributed by atoms with Gasteiger partial charge < -0.3 is 15.3 Å². The molecule has 2 aliphatic heterocycles. The highest BCUT2D eigenvalue weighted by Crippen LogP contribution is 2.42. The fourth-order valence-corrected chi connectivity index (χ4v) is 3.22. The van der Waals surface area contributed by atoms with Gasteiger partial charge in [-0.3, -0.25) is 4.79 Å². The monoisotopic (exact) mass is 374 g/mol. The number of nitrogens with one attached hydrogen (secondary N) is 1. The Morgan fingerprint density at radius 2 is 2.00 bits per heavy atom.